The Balaban J connectivity index is 2.44. The molecule has 0 aliphatic rings. The molecule has 1 rings (SSSR count). The van der Waals surface area contributed by atoms with Crippen LogP contribution in [0.5, 0.6) is 0 Å². The molecule has 0 saturated carbocycles. The van der Waals surface area contributed by atoms with Crippen molar-refractivity contribution in [1.29, 1.82) is 0 Å². The van der Waals surface area contributed by atoms with E-state index in [0.29, 0.717) is 12.0 Å². The summed E-state index contributed by atoms with van der Waals surface area (Å²) >= 11 is 0. The van der Waals surface area contributed by atoms with Crippen LogP contribution >= 0.6 is 0 Å². The van der Waals surface area contributed by atoms with Crippen LogP contribution in [-0.4, -0.2) is 40.5 Å². The van der Waals surface area contributed by atoms with Crippen molar-refractivity contribution in [3.8, 4) is 0 Å². The zero-order chi connectivity index (χ0) is 12.0. The summed E-state index contributed by atoms with van der Waals surface area (Å²) in [4.78, 5) is 10.9. The third kappa shape index (κ3) is 4.14. The van der Waals surface area contributed by atoms with E-state index in [1.807, 2.05) is 19.3 Å². The number of nitrogens with zero attached hydrogens (tertiary/aromatic N) is 3. The number of hydrogen-bond acceptors (Lipinski definition) is 4. The molecule has 0 aliphatic heterocycles. The predicted molar refractivity (Wildman–Crippen MR) is 67.6 cm³/mol. The van der Waals surface area contributed by atoms with Crippen LogP contribution in [-0.2, 0) is 0 Å². The lowest BCUT2D eigenvalue weighted by atomic mass is 10.3. The minimum atomic E-state index is 0.364. The zero-order valence-corrected chi connectivity index (χ0v) is 10.7. The quantitative estimate of drug-likeness (QED) is 0.798. The third-order valence-electron chi connectivity index (χ3n) is 2.58. The molecular weight excluding hydrogens is 200 g/mol. The molecule has 0 bridgehead atoms. The molecular formula is C12H22N4. The normalized spacial score (nSPS) is 12.8. The largest absolute Gasteiger partial charge is 0.350 e. The van der Waals surface area contributed by atoms with Crippen LogP contribution in [0, 0.1) is 6.92 Å². The van der Waals surface area contributed by atoms with Gasteiger partial charge in [0.05, 0.1) is 0 Å². The van der Waals surface area contributed by atoms with Gasteiger partial charge in [0.15, 0.2) is 0 Å². The van der Waals surface area contributed by atoms with E-state index in [-0.39, 0.29) is 0 Å². The molecule has 4 heteroatoms. The van der Waals surface area contributed by atoms with Crippen molar-refractivity contribution in [3.05, 3.63) is 18.0 Å². The Kier molecular flexibility index (Phi) is 5.19. The first-order valence-electron chi connectivity index (χ1n) is 5.93. The molecule has 1 N–H and O–H groups in total. The summed E-state index contributed by atoms with van der Waals surface area (Å²) in [6, 6.07) is 0.364. The average molecular weight is 222 g/mol. The molecule has 0 spiro atoms. The fraction of sp³-hybridized carbons (Fsp3) is 0.667. The molecule has 1 aromatic rings. The lowest BCUT2D eigenvalue weighted by Crippen LogP contribution is -2.35. The van der Waals surface area contributed by atoms with E-state index in [1.54, 1.807) is 0 Å². The molecule has 0 aromatic carbocycles. The standard InChI is InChI=1S/C12H22N4/c1-5-16(6-2)9-11(4)15-12-13-7-10(3)8-14-12/h7-8,11H,5-6,9H2,1-4H3,(H,13,14,15). The van der Waals surface area contributed by atoms with Crippen molar-refractivity contribution in [2.45, 2.75) is 33.7 Å². The Morgan fingerprint density at radius 1 is 1.25 bits per heavy atom. The highest BCUT2D eigenvalue weighted by Crippen LogP contribution is 2.02. The van der Waals surface area contributed by atoms with Crippen molar-refractivity contribution in [3.63, 3.8) is 0 Å². The number of hydrogen-bond donors (Lipinski definition) is 1. The van der Waals surface area contributed by atoms with Crippen LogP contribution in [0.25, 0.3) is 0 Å². The summed E-state index contributed by atoms with van der Waals surface area (Å²) in [5.74, 6) is 0.713. The summed E-state index contributed by atoms with van der Waals surface area (Å²) in [6.07, 6.45) is 3.67. The van der Waals surface area contributed by atoms with Gasteiger partial charge in [-0.25, -0.2) is 9.97 Å². The van der Waals surface area contributed by atoms with Gasteiger partial charge in [-0.2, -0.15) is 0 Å². The number of anilines is 1. The van der Waals surface area contributed by atoms with Crippen LogP contribution in [0.2, 0.25) is 0 Å². The van der Waals surface area contributed by atoms with Crippen molar-refractivity contribution in [1.82, 2.24) is 14.9 Å². The highest BCUT2D eigenvalue weighted by molar-refractivity contribution is 5.25. The zero-order valence-electron chi connectivity index (χ0n) is 10.7. The van der Waals surface area contributed by atoms with Crippen LogP contribution in [0.3, 0.4) is 0 Å². The van der Waals surface area contributed by atoms with Gasteiger partial charge in [0.1, 0.15) is 0 Å². The van der Waals surface area contributed by atoms with Gasteiger partial charge in [-0.15, -0.1) is 0 Å². The maximum atomic E-state index is 4.24. The van der Waals surface area contributed by atoms with E-state index in [2.05, 4.69) is 41.0 Å². The van der Waals surface area contributed by atoms with Crippen LogP contribution in [0.4, 0.5) is 5.95 Å². The molecule has 90 valence electrons. The van der Waals surface area contributed by atoms with Gasteiger partial charge in [-0.1, -0.05) is 13.8 Å². The number of aromatic nitrogens is 2. The van der Waals surface area contributed by atoms with E-state index in [9.17, 15) is 0 Å². The molecule has 16 heavy (non-hydrogen) atoms. The number of nitrogens with one attached hydrogen (secondary N) is 1. The smallest absolute Gasteiger partial charge is 0.222 e. The van der Waals surface area contributed by atoms with E-state index < -0.39 is 0 Å². The molecule has 1 aromatic heterocycles. The highest BCUT2D eigenvalue weighted by Gasteiger charge is 2.07. The maximum absolute atomic E-state index is 4.24. The fourth-order valence-electron chi connectivity index (χ4n) is 1.60. The molecule has 0 aliphatic carbocycles. The Morgan fingerprint density at radius 2 is 1.81 bits per heavy atom. The second kappa shape index (κ2) is 6.43. The van der Waals surface area contributed by atoms with Gasteiger partial charge in [0.25, 0.3) is 0 Å². The Morgan fingerprint density at radius 3 is 2.31 bits per heavy atom. The van der Waals surface area contributed by atoms with E-state index in [1.165, 1.54) is 0 Å². The van der Waals surface area contributed by atoms with Crippen molar-refractivity contribution < 1.29 is 0 Å². The SMILES string of the molecule is CCN(CC)CC(C)Nc1ncc(C)cn1. The monoisotopic (exact) mass is 222 g/mol. The predicted octanol–water partition coefficient (Wildman–Crippen LogP) is 1.93. The minimum Gasteiger partial charge on any atom is -0.350 e. The molecule has 1 atom stereocenters. The summed E-state index contributed by atoms with van der Waals surface area (Å²) in [7, 11) is 0. The number of aryl methyl sites for hydroxylation is 1. The van der Waals surface area contributed by atoms with Gasteiger partial charge in [0, 0.05) is 25.0 Å². The highest BCUT2D eigenvalue weighted by atomic mass is 15.2. The first-order valence-corrected chi connectivity index (χ1v) is 5.93. The number of likely N-dealkylation sites (N-methyl/N-ethyl adjacent to an activating group) is 1. The van der Waals surface area contributed by atoms with Crippen LogP contribution < -0.4 is 5.32 Å². The van der Waals surface area contributed by atoms with Gasteiger partial charge in [-0.3, -0.25) is 0 Å². The van der Waals surface area contributed by atoms with E-state index in [4.69, 9.17) is 0 Å². The van der Waals surface area contributed by atoms with Gasteiger partial charge < -0.3 is 10.2 Å². The lowest BCUT2D eigenvalue weighted by Gasteiger charge is -2.23. The molecule has 4 nitrogen and oxygen atoms in total. The third-order valence-corrected chi connectivity index (χ3v) is 2.58. The summed E-state index contributed by atoms with van der Waals surface area (Å²) in [5.41, 5.74) is 1.09. The molecule has 0 amide bonds. The minimum absolute atomic E-state index is 0.364. The topological polar surface area (TPSA) is 41.0 Å². The molecule has 0 fully saturated rings. The Hall–Kier alpha value is -1.16. The first-order chi connectivity index (χ1) is 7.65. The van der Waals surface area contributed by atoms with Gasteiger partial charge >= 0.3 is 0 Å². The van der Waals surface area contributed by atoms with E-state index >= 15 is 0 Å². The average Bonchev–Trinajstić information content (AvgIpc) is 2.29. The molecule has 0 saturated heterocycles. The van der Waals surface area contributed by atoms with Crippen LogP contribution in [0.1, 0.15) is 26.3 Å². The number of rotatable bonds is 6. The van der Waals surface area contributed by atoms with Gasteiger partial charge in [0.2, 0.25) is 5.95 Å². The van der Waals surface area contributed by atoms with Crippen LogP contribution in [0.15, 0.2) is 12.4 Å². The Bertz CT molecular complexity index is 292. The maximum Gasteiger partial charge on any atom is 0.222 e. The van der Waals surface area contributed by atoms with Gasteiger partial charge in [-0.05, 0) is 32.5 Å². The Labute approximate surface area is 98.1 Å². The van der Waals surface area contributed by atoms with Crippen molar-refractivity contribution in [2.75, 3.05) is 25.0 Å². The lowest BCUT2D eigenvalue weighted by molar-refractivity contribution is 0.294. The second-order valence-corrected chi connectivity index (χ2v) is 4.12. The van der Waals surface area contributed by atoms with Crippen molar-refractivity contribution in [2.24, 2.45) is 0 Å². The molecule has 1 heterocycles. The summed E-state index contributed by atoms with van der Waals surface area (Å²) in [6.45, 7) is 11.7. The molecule has 1 unspecified atom stereocenters. The van der Waals surface area contributed by atoms with Crippen molar-refractivity contribution >= 4 is 5.95 Å². The first kappa shape index (κ1) is 12.9. The summed E-state index contributed by atoms with van der Waals surface area (Å²) in [5, 5.41) is 3.30. The summed E-state index contributed by atoms with van der Waals surface area (Å²) < 4.78 is 0. The second-order valence-electron chi connectivity index (χ2n) is 4.12. The fourth-order valence-corrected chi connectivity index (χ4v) is 1.60. The van der Waals surface area contributed by atoms with E-state index in [0.717, 1.165) is 25.2 Å². The molecule has 0 radical (unpaired) electrons.